The second-order valence-electron chi connectivity index (χ2n) is 9.36. The molecule has 0 radical (unpaired) electrons. The van der Waals surface area contributed by atoms with Crippen molar-refractivity contribution in [2.45, 2.75) is 51.1 Å². The second kappa shape index (κ2) is 10.3. The third-order valence-electron chi connectivity index (χ3n) is 7.03. The molecule has 1 N–H and O–H groups in total. The van der Waals surface area contributed by atoms with Crippen LogP contribution in [0.25, 0.3) is 0 Å². The highest BCUT2D eigenvalue weighted by molar-refractivity contribution is 5.92. The molecule has 0 bridgehead atoms. The first-order chi connectivity index (χ1) is 16.3. The Morgan fingerprint density at radius 2 is 1.88 bits per heavy atom. The Morgan fingerprint density at radius 3 is 2.67 bits per heavy atom. The number of amides is 1. The van der Waals surface area contributed by atoms with E-state index in [0.29, 0.717) is 12.2 Å². The van der Waals surface area contributed by atoms with Gasteiger partial charge in [-0.05, 0) is 42.4 Å². The van der Waals surface area contributed by atoms with Gasteiger partial charge in [0.2, 0.25) is 0 Å². The van der Waals surface area contributed by atoms with Crippen LogP contribution in [0.5, 0.6) is 0 Å². The molecule has 1 unspecified atom stereocenters. The fraction of sp³-hybridized carbons (Fsp3) is 0.444. The van der Waals surface area contributed by atoms with Crippen molar-refractivity contribution in [3.05, 3.63) is 83.7 Å². The minimum absolute atomic E-state index is 0.0961. The number of benzene rings is 1. The van der Waals surface area contributed by atoms with Gasteiger partial charge in [-0.1, -0.05) is 55.7 Å². The lowest BCUT2D eigenvalue weighted by Gasteiger charge is -2.39. The maximum absolute atomic E-state index is 12.9. The van der Waals surface area contributed by atoms with Gasteiger partial charge in [-0.3, -0.25) is 14.7 Å². The summed E-state index contributed by atoms with van der Waals surface area (Å²) in [7, 11) is 0. The summed E-state index contributed by atoms with van der Waals surface area (Å²) in [5.74, 6) is 1.65. The van der Waals surface area contributed by atoms with Crippen LogP contribution in [-0.2, 0) is 13.0 Å². The lowest BCUT2D eigenvalue weighted by Crippen LogP contribution is -2.41. The minimum Gasteiger partial charge on any atom is -0.350 e. The van der Waals surface area contributed by atoms with Gasteiger partial charge in [0, 0.05) is 44.8 Å². The molecule has 2 aromatic heterocycles. The summed E-state index contributed by atoms with van der Waals surface area (Å²) in [4.78, 5) is 24.5. The topological polar surface area (TPSA) is 63.1 Å². The van der Waals surface area contributed by atoms with Crippen molar-refractivity contribution in [2.24, 2.45) is 5.92 Å². The van der Waals surface area contributed by atoms with E-state index in [-0.39, 0.29) is 11.9 Å². The number of imidazole rings is 1. The summed E-state index contributed by atoms with van der Waals surface area (Å²) in [6.45, 7) is 3.55. The number of carbonyl (C=O) groups is 1. The number of nitrogens with one attached hydrogen (secondary N) is 1. The molecule has 0 spiro atoms. The Balaban J connectivity index is 1.33. The smallest absolute Gasteiger partial charge is 0.271 e. The minimum atomic E-state index is -0.105. The average Bonchev–Trinajstić information content (AvgIpc) is 3.30. The number of rotatable bonds is 7. The summed E-state index contributed by atoms with van der Waals surface area (Å²) in [5.41, 5.74) is 2.88. The zero-order chi connectivity index (χ0) is 22.5. The van der Waals surface area contributed by atoms with Gasteiger partial charge < -0.3 is 9.88 Å². The molecule has 1 saturated carbocycles. The number of hydrogen-bond donors (Lipinski definition) is 1. The van der Waals surface area contributed by atoms with E-state index in [1.54, 1.807) is 6.20 Å². The highest BCUT2D eigenvalue weighted by atomic mass is 16.1. The van der Waals surface area contributed by atoms with Gasteiger partial charge in [-0.15, -0.1) is 0 Å². The molecule has 6 heteroatoms. The summed E-state index contributed by atoms with van der Waals surface area (Å²) in [5, 5.41) is 3.03. The number of hydrogen-bond acceptors (Lipinski definition) is 4. The molecule has 1 aliphatic carbocycles. The fourth-order valence-electron chi connectivity index (χ4n) is 5.32. The highest BCUT2D eigenvalue weighted by Gasteiger charge is 2.33. The van der Waals surface area contributed by atoms with E-state index in [0.717, 1.165) is 43.4 Å². The highest BCUT2D eigenvalue weighted by Crippen LogP contribution is 2.34. The summed E-state index contributed by atoms with van der Waals surface area (Å²) in [6.07, 6.45) is 13.0. The number of nitrogens with zero attached hydrogens (tertiary/aromatic N) is 4. The Labute approximate surface area is 196 Å². The molecule has 172 valence electrons. The van der Waals surface area contributed by atoms with Gasteiger partial charge in [0.15, 0.2) is 0 Å². The summed E-state index contributed by atoms with van der Waals surface area (Å²) >= 11 is 0. The third-order valence-corrected chi connectivity index (χ3v) is 7.03. The Morgan fingerprint density at radius 1 is 1.03 bits per heavy atom. The molecule has 1 amide bonds. The van der Waals surface area contributed by atoms with Gasteiger partial charge in [0.05, 0.1) is 6.04 Å². The molecule has 5 rings (SSSR count). The Hall–Kier alpha value is -2.99. The van der Waals surface area contributed by atoms with Crippen molar-refractivity contribution in [1.82, 2.24) is 24.8 Å². The van der Waals surface area contributed by atoms with Crippen molar-refractivity contribution in [1.29, 1.82) is 0 Å². The SMILES string of the molecule is O=C(NCCc1cccnc1)c1cn2c(n1)C(c1ccccc1)N(CC1CCCCC1)CC2. The normalized spacial score (nSPS) is 19.2. The average molecular weight is 444 g/mol. The molecule has 1 aliphatic heterocycles. The number of pyridine rings is 1. The monoisotopic (exact) mass is 443 g/mol. The zero-order valence-corrected chi connectivity index (χ0v) is 19.2. The van der Waals surface area contributed by atoms with E-state index >= 15 is 0 Å². The van der Waals surface area contributed by atoms with Crippen LogP contribution >= 0.6 is 0 Å². The summed E-state index contributed by atoms with van der Waals surface area (Å²) in [6, 6.07) is 14.7. The molecule has 33 heavy (non-hydrogen) atoms. The molecule has 1 fully saturated rings. The van der Waals surface area contributed by atoms with Gasteiger partial charge in [-0.25, -0.2) is 4.98 Å². The number of fused-ring (bicyclic) bond motifs is 1. The standard InChI is InChI=1S/C27H33N5O/c33-27(29-15-13-21-10-7-14-28-18-21)24-20-32-17-16-31(19-22-8-3-1-4-9-22)25(26(32)30-24)23-11-5-2-6-12-23/h2,5-7,10-12,14,18,20,22,25H,1,3-4,8-9,13,15-17,19H2,(H,29,33). The van der Waals surface area contributed by atoms with Gasteiger partial charge in [0.1, 0.15) is 11.5 Å². The fourth-order valence-corrected chi connectivity index (χ4v) is 5.32. The van der Waals surface area contributed by atoms with Gasteiger partial charge in [0.25, 0.3) is 5.91 Å². The molecule has 0 saturated heterocycles. The van der Waals surface area contributed by atoms with Crippen molar-refractivity contribution < 1.29 is 4.79 Å². The molecular formula is C27H33N5O. The van der Waals surface area contributed by atoms with Crippen LogP contribution in [0.2, 0.25) is 0 Å². The molecule has 3 aromatic rings. The van der Waals surface area contributed by atoms with Crippen LogP contribution in [-0.4, -0.2) is 45.0 Å². The number of aromatic nitrogens is 3. The predicted octanol–water partition coefficient (Wildman–Crippen LogP) is 4.24. The number of carbonyl (C=O) groups excluding carboxylic acids is 1. The van der Waals surface area contributed by atoms with Crippen LogP contribution < -0.4 is 5.32 Å². The van der Waals surface area contributed by atoms with Crippen LogP contribution in [0.1, 0.15) is 65.6 Å². The summed E-state index contributed by atoms with van der Waals surface area (Å²) < 4.78 is 2.19. The molecule has 2 aliphatic rings. The van der Waals surface area contributed by atoms with Crippen LogP contribution in [0, 0.1) is 5.92 Å². The van der Waals surface area contributed by atoms with E-state index < -0.39 is 0 Å². The van der Waals surface area contributed by atoms with E-state index in [2.05, 4.69) is 50.1 Å². The van der Waals surface area contributed by atoms with E-state index in [4.69, 9.17) is 4.98 Å². The zero-order valence-electron chi connectivity index (χ0n) is 19.2. The quantitative estimate of drug-likeness (QED) is 0.593. The first-order valence-corrected chi connectivity index (χ1v) is 12.3. The van der Waals surface area contributed by atoms with Crippen molar-refractivity contribution in [3.8, 4) is 0 Å². The van der Waals surface area contributed by atoms with Crippen molar-refractivity contribution in [3.63, 3.8) is 0 Å². The first kappa shape index (κ1) is 21.8. The molecule has 1 atom stereocenters. The maximum Gasteiger partial charge on any atom is 0.271 e. The van der Waals surface area contributed by atoms with Gasteiger partial charge in [-0.2, -0.15) is 0 Å². The van der Waals surface area contributed by atoms with E-state index in [1.807, 2.05) is 24.5 Å². The molecular weight excluding hydrogens is 410 g/mol. The maximum atomic E-state index is 12.9. The third kappa shape index (κ3) is 5.17. The molecule has 1 aromatic carbocycles. The largest absolute Gasteiger partial charge is 0.350 e. The second-order valence-corrected chi connectivity index (χ2v) is 9.36. The van der Waals surface area contributed by atoms with Crippen molar-refractivity contribution in [2.75, 3.05) is 19.6 Å². The van der Waals surface area contributed by atoms with Crippen LogP contribution in [0.15, 0.2) is 61.1 Å². The predicted molar refractivity (Wildman–Crippen MR) is 129 cm³/mol. The van der Waals surface area contributed by atoms with Gasteiger partial charge >= 0.3 is 0 Å². The van der Waals surface area contributed by atoms with E-state index in [1.165, 1.54) is 37.7 Å². The Bertz CT molecular complexity index is 1040. The lowest BCUT2D eigenvalue weighted by molar-refractivity contribution is 0.0949. The van der Waals surface area contributed by atoms with Crippen LogP contribution in [0.4, 0.5) is 0 Å². The molecule has 3 heterocycles. The lowest BCUT2D eigenvalue weighted by atomic mass is 9.88. The first-order valence-electron chi connectivity index (χ1n) is 12.3. The van der Waals surface area contributed by atoms with Crippen LogP contribution in [0.3, 0.4) is 0 Å². The molecule has 6 nitrogen and oxygen atoms in total. The Kier molecular flexibility index (Phi) is 6.81. The van der Waals surface area contributed by atoms with Crippen molar-refractivity contribution >= 4 is 5.91 Å². The van der Waals surface area contributed by atoms with E-state index in [9.17, 15) is 4.79 Å².